The molecule has 0 fully saturated rings. The van der Waals surface area contributed by atoms with Crippen molar-refractivity contribution in [2.24, 2.45) is 0 Å². The molecule has 0 bridgehead atoms. The number of hydrogen-bond acceptors (Lipinski definition) is 3. The number of hydrogen-bond donors (Lipinski definition) is 0. The van der Waals surface area contributed by atoms with E-state index in [9.17, 15) is 0 Å². The number of nitrogens with zero attached hydrogens (tertiary/aromatic N) is 3. The summed E-state index contributed by atoms with van der Waals surface area (Å²) in [4.78, 5) is 0. The second kappa shape index (κ2) is 231. The van der Waals surface area contributed by atoms with Crippen LogP contribution in [0.3, 0.4) is 0 Å². The molecule has 0 aromatic heterocycles. The van der Waals surface area contributed by atoms with E-state index in [2.05, 4.69) is 0 Å². The molecule has 0 aliphatic heterocycles. The largest absolute Gasteiger partial charge is 3.00 e. The van der Waals surface area contributed by atoms with Crippen molar-refractivity contribution in [2.45, 2.75) is 0 Å². The molecule has 0 radical (unpaired) electrons. The Balaban J connectivity index is -0.00000000900. The molecule has 30 valence electrons. The third-order valence-corrected chi connectivity index (χ3v) is 0. The van der Waals surface area contributed by atoms with Crippen molar-refractivity contribution in [3.8, 4) is 0 Å². The number of rotatable bonds is 0. The average molecular weight is 123 g/mol. The van der Waals surface area contributed by atoms with Gasteiger partial charge in [-0.2, -0.15) is 0 Å². The van der Waals surface area contributed by atoms with Gasteiger partial charge in [0.15, 0.2) is 0 Å². The van der Waals surface area contributed by atoms with Crippen LogP contribution in [0.5, 0.6) is 0 Å². The minimum Gasteiger partial charge on any atom is -0.512 e. The minimum absolute atomic E-state index is 0. The average Bonchev–Trinajstić information content (AvgIpc) is 1.81. The van der Waals surface area contributed by atoms with E-state index in [-0.39, 0.29) is 25.8 Å². The van der Waals surface area contributed by atoms with Gasteiger partial charge in [-0.1, -0.05) is 0 Å². The zero-order valence-corrected chi connectivity index (χ0v) is 5.22. The predicted molar refractivity (Wildman–Crippen MR) is 14.9 cm³/mol. The van der Waals surface area contributed by atoms with Gasteiger partial charge in [-0.15, -0.1) is 0 Å². The Morgan fingerprint density at radius 2 is 0.571 bits per heavy atom. The molecule has 0 saturated heterocycles. The van der Waals surface area contributed by atoms with E-state index in [1.165, 1.54) is 0 Å². The molecule has 0 amide bonds. The third-order valence-electron chi connectivity index (χ3n) is 0. The van der Waals surface area contributed by atoms with Crippen LogP contribution in [0.2, 0.25) is 0 Å². The van der Waals surface area contributed by atoms with E-state index in [4.69, 9.17) is 35.5 Å². The van der Waals surface area contributed by atoms with Gasteiger partial charge in [0.05, 0.1) is 0 Å². The molecule has 0 aliphatic rings. The maximum atomic E-state index is 6.25. The van der Waals surface area contributed by atoms with Crippen molar-refractivity contribution in [1.29, 1.82) is 15.8 Å². The van der Waals surface area contributed by atoms with Gasteiger partial charge in [-0.05, 0) is 0 Å². The summed E-state index contributed by atoms with van der Waals surface area (Å²) in [6.45, 7) is 14.2. The van der Waals surface area contributed by atoms with E-state index in [0.29, 0.717) is 0 Å². The van der Waals surface area contributed by atoms with Gasteiger partial charge < -0.3 is 35.5 Å². The van der Waals surface area contributed by atoms with Crippen LogP contribution < -0.4 is 0 Å². The predicted octanol–water partition coefficient (Wildman–Crippen LogP) is 0.287. The standard InChI is InChI=1S/3CN.Sc/c3*1-2;/q3*-1;+3. The fourth-order valence-electron chi connectivity index (χ4n) is 0. The first-order valence-electron chi connectivity index (χ1n) is 0.671. The second-order valence-electron chi connectivity index (χ2n) is 0. The Hall–Kier alpha value is -0.660. The quantitative estimate of drug-likeness (QED) is 0.434. The van der Waals surface area contributed by atoms with Crippen molar-refractivity contribution >= 4 is 0 Å². The van der Waals surface area contributed by atoms with Gasteiger partial charge in [-0.3, -0.25) is 0 Å². The summed E-state index contributed by atoms with van der Waals surface area (Å²) in [5.41, 5.74) is 0. The van der Waals surface area contributed by atoms with Crippen LogP contribution in [-0.2, 0) is 25.8 Å². The van der Waals surface area contributed by atoms with Crippen LogP contribution >= 0.6 is 0 Å². The maximum absolute atomic E-state index is 6.25. The molecule has 0 N–H and O–H groups in total. The maximum Gasteiger partial charge on any atom is 3.00 e. The van der Waals surface area contributed by atoms with E-state index >= 15 is 0 Å². The van der Waals surface area contributed by atoms with Gasteiger partial charge in [0.1, 0.15) is 0 Å². The van der Waals surface area contributed by atoms with Crippen molar-refractivity contribution in [3.63, 3.8) is 0 Å². The Labute approximate surface area is 61.6 Å². The van der Waals surface area contributed by atoms with Crippen LogP contribution in [-0.4, -0.2) is 0 Å². The summed E-state index contributed by atoms with van der Waals surface area (Å²) in [6.07, 6.45) is 0. The van der Waals surface area contributed by atoms with Gasteiger partial charge in [0, 0.05) is 0 Å². The fourth-order valence-corrected chi connectivity index (χ4v) is 0. The molecule has 0 saturated carbocycles. The molecule has 0 spiro atoms. The van der Waals surface area contributed by atoms with Gasteiger partial charge in [-0.25, -0.2) is 0 Å². The van der Waals surface area contributed by atoms with Crippen molar-refractivity contribution < 1.29 is 25.8 Å². The van der Waals surface area contributed by atoms with Crippen LogP contribution in [0.4, 0.5) is 0 Å². The summed E-state index contributed by atoms with van der Waals surface area (Å²) in [7, 11) is 0. The Kier molecular flexibility index (Phi) is 1090. The molecule has 0 atom stereocenters. The summed E-state index contributed by atoms with van der Waals surface area (Å²) in [6, 6.07) is 0. The molecule has 0 aliphatic carbocycles. The van der Waals surface area contributed by atoms with Crippen LogP contribution in [0.1, 0.15) is 0 Å². The second-order valence-corrected chi connectivity index (χ2v) is 0. The van der Waals surface area contributed by atoms with Crippen molar-refractivity contribution in [3.05, 3.63) is 19.7 Å². The molecule has 7 heavy (non-hydrogen) atoms. The Morgan fingerprint density at radius 3 is 0.571 bits per heavy atom. The van der Waals surface area contributed by atoms with E-state index < -0.39 is 0 Å². The van der Waals surface area contributed by atoms with Crippen LogP contribution in [0.15, 0.2) is 0 Å². The summed E-state index contributed by atoms with van der Waals surface area (Å²) in [5, 5.41) is 18.8. The SMILES string of the molecule is [C-]#N.[C-]#N.[C-]#N.[Sc+3]. The molecule has 3 nitrogen and oxygen atoms in total. The van der Waals surface area contributed by atoms with Crippen LogP contribution in [0, 0.1) is 35.5 Å². The van der Waals surface area contributed by atoms with E-state index in [0.717, 1.165) is 0 Å². The monoisotopic (exact) mass is 123 g/mol. The van der Waals surface area contributed by atoms with Crippen LogP contribution in [0.25, 0.3) is 0 Å². The smallest absolute Gasteiger partial charge is 0.512 e. The molecule has 0 heterocycles. The first kappa shape index (κ1) is 33.0. The molecule has 0 aromatic rings. The zero-order valence-electron chi connectivity index (χ0n) is 3.42. The molecule has 0 rings (SSSR count). The minimum atomic E-state index is 0. The van der Waals surface area contributed by atoms with Crippen molar-refractivity contribution in [1.82, 2.24) is 0 Å². The Bertz CT molecular complexity index is 38.7. The topological polar surface area (TPSA) is 71.4 Å². The molecule has 0 aromatic carbocycles. The van der Waals surface area contributed by atoms with Gasteiger partial charge in [0.2, 0.25) is 0 Å². The fraction of sp³-hybridized carbons (Fsp3) is 0. The summed E-state index contributed by atoms with van der Waals surface area (Å²) in [5.74, 6) is 0. The van der Waals surface area contributed by atoms with E-state index in [1.807, 2.05) is 0 Å². The molecular weight excluding hydrogens is 123 g/mol. The van der Waals surface area contributed by atoms with Crippen molar-refractivity contribution in [2.75, 3.05) is 0 Å². The van der Waals surface area contributed by atoms with E-state index in [1.54, 1.807) is 0 Å². The first-order chi connectivity index (χ1) is 3.00. The van der Waals surface area contributed by atoms with Gasteiger partial charge in [0.25, 0.3) is 0 Å². The summed E-state index contributed by atoms with van der Waals surface area (Å²) < 4.78 is 0. The van der Waals surface area contributed by atoms with Gasteiger partial charge >= 0.3 is 25.8 Å². The first-order valence-corrected chi connectivity index (χ1v) is 0.671. The third kappa shape index (κ3) is 137. The molecule has 0 unspecified atom stereocenters. The summed E-state index contributed by atoms with van der Waals surface area (Å²) >= 11 is 0. The normalized spacial score (nSPS) is 0.857. The Morgan fingerprint density at radius 1 is 0.571 bits per heavy atom. The molecule has 4 heteroatoms. The zero-order chi connectivity index (χ0) is 6.00. The molecular formula is C3N3Sc.